The zero-order chi connectivity index (χ0) is 0. The Labute approximate surface area is 79.9 Å². The Kier molecular flexibility index (Phi) is 1050. The van der Waals surface area contributed by atoms with E-state index in [1.807, 2.05) is 0 Å². The van der Waals surface area contributed by atoms with E-state index in [-0.39, 0.29) is 80.5 Å². The largest absolute Gasteiger partial charge is 0.412 e. The summed E-state index contributed by atoms with van der Waals surface area (Å²) in [4.78, 5) is 0. The van der Waals surface area contributed by atoms with Crippen LogP contribution in [0.15, 0.2) is 0 Å². The second kappa shape index (κ2) is 63.7. The van der Waals surface area contributed by atoms with E-state index in [0.717, 1.165) is 0 Å². The van der Waals surface area contributed by atoms with Gasteiger partial charge in [-0.2, -0.15) is 0 Å². The third-order valence-corrected chi connectivity index (χ3v) is 0. The van der Waals surface area contributed by atoms with Crippen molar-refractivity contribution in [3.63, 3.8) is 0 Å². The van der Waals surface area contributed by atoms with Gasteiger partial charge in [-0.1, -0.05) is 0 Å². The van der Waals surface area contributed by atoms with Gasteiger partial charge in [-0.05, 0) is 0 Å². The van der Waals surface area contributed by atoms with Crippen molar-refractivity contribution in [2.75, 3.05) is 0 Å². The quantitative estimate of drug-likeness (QED) is 0.523. The van der Waals surface area contributed by atoms with Crippen LogP contribution in [0.25, 0.3) is 0 Å². The first-order valence-corrected chi connectivity index (χ1v) is 0. The summed E-state index contributed by atoms with van der Waals surface area (Å²) in [6.07, 6.45) is 0. The zero-order valence-corrected chi connectivity index (χ0v) is 7.02. The first-order valence-electron chi connectivity index (χ1n) is 0. The molecule has 0 saturated carbocycles. The topological polar surface area (TPSA) is 63.0 Å². The van der Waals surface area contributed by atoms with Gasteiger partial charge in [-0.15, -0.1) is 24.8 Å². The van der Waals surface area contributed by atoms with Gasteiger partial charge in [0.1, 0.15) is 0 Å². The second-order valence-corrected chi connectivity index (χ2v) is 0. The Bertz CT molecular complexity index is 9.51. The second-order valence-electron chi connectivity index (χ2n) is 0. The molecule has 0 aromatic heterocycles. The molecule has 2 nitrogen and oxygen atoms in total. The monoisotopic (exact) mass is 322 g/mol. The molecule has 2 radical (unpaired) electrons. The van der Waals surface area contributed by atoms with E-state index >= 15 is 0 Å². The van der Waals surface area contributed by atoms with E-state index < -0.39 is 0 Å². The van der Waals surface area contributed by atoms with Gasteiger partial charge in [0.15, 0.2) is 0 Å². The van der Waals surface area contributed by atoms with Crippen LogP contribution < -0.4 is 0 Å². The Morgan fingerprint density at radius 1 is 0.500 bits per heavy atom. The molecule has 0 aliphatic rings. The zero-order valence-electron chi connectivity index (χ0n) is 2.42. The molecule has 0 unspecified atom stereocenters. The van der Waals surface area contributed by atoms with Crippen LogP contribution in [0.2, 0.25) is 0 Å². The molecule has 0 bridgehead atoms. The first-order chi connectivity index (χ1) is 0. The standard InChI is InChI=1S/2Ag.2ClH.2H2O/h;;2*1H;2*1H2. The van der Waals surface area contributed by atoms with E-state index in [1.54, 1.807) is 0 Å². The third-order valence-electron chi connectivity index (χ3n) is 0. The summed E-state index contributed by atoms with van der Waals surface area (Å²) in [7, 11) is 0. The van der Waals surface area contributed by atoms with Crippen molar-refractivity contribution < 1.29 is 55.7 Å². The summed E-state index contributed by atoms with van der Waals surface area (Å²) in [6, 6.07) is 0. The summed E-state index contributed by atoms with van der Waals surface area (Å²) < 4.78 is 0. The fourth-order valence-corrected chi connectivity index (χ4v) is 0. The molecule has 0 spiro atoms. The predicted molar refractivity (Wildman–Crippen MR) is 21.7 cm³/mol. The van der Waals surface area contributed by atoms with Crippen molar-refractivity contribution in [2.24, 2.45) is 0 Å². The predicted octanol–water partition coefficient (Wildman–Crippen LogP) is -0.811. The Morgan fingerprint density at radius 2 is 0.500 bits per heavy atom. The summed E-state index contributed by atoms with van der Waals surface area (Å²) in [5.74, 6) is 0. The van der Waals surface area contributed by atoms with Crippen molar-refractivity contribution >= 4 is 24.8 Å². The fourth-order valence-electron chi connectivity index (χ4n) is 0. The van der Waals surface area contributed by atoms with Crippen molar-refractivity contribution in [1.29, 1.82) is 0 Å². The molecule has 0 aliphatic carbocycles. The molecule has 6 heteroatoms. The van der Waals surface area contributed by atoms with Crippen molar-refractivity contribution in [3.05, 3.63) is 0 Å². The normalized spacial score (nSPS) is 0. The van der Waals surface area contributed by atoms with Crippen molar-refractivity contribution in [3.8, 4) is 0 Å². The minimum absolute atomic E-state index is 0. The van der Waals surface area contributed by atoms with E-state index in [2.05, 4.69) is 0 Å². The van der Waals surface area contributed by atoms with Gasteiger partial charge in [-0.3, -0.25) is 0 Å². The molecule has 0 aromatic rings. The maximum Gasteiger partial charge on any atom is 0 e. The van der Waals surface area contributed by atoms with Crippen LogP contribution in [0.3, 0.4) is 0 Å². The van der Waals surface area contributed by atoms with Crippen LogP contribution in [0, 0.1) is 0 Å². The number of hydrogen-bond donors (Lipinski definition) is 0. The fraction of sp³-hybridized carbons (Fsp3) is 0. The maximum atomic E-state index is 0. The van der Waals surface area contributed by atoms with Gasteiger partial charge < -0.3 is 11.0 Å². The summed E-state index contributed by atoms with van der Waals surface area (Å²) in [6.45, 7) is 0. The molecular formula is H6Ag2Cl2O2. The average Bonchev–Trinajstić information content (AvgIpc) is 0. The molecule has 0 aromatic carbocycles. The molecule has 0 heterocycles. The van der Waals surface area contributed by atoms with Gasteiger partial charge in [0.2, 0.25) is 0 Å². The number of rotatable bonds is 0. The summed E-state index contributed by atoms with van der Waals surface area (Å²) in [5, 5.41) is 0. The van der Waals surface area contributed by atoms with Gasteiger partial charge in [0.25, 0.3) is 0 Å². The van der Waals surface area contributed by atoms with E-state index in [0.29, 0.717) is 0 Å². The van der Waals surface area contributed by atoms with Gasteiger partial charge in [-0.25, -0.2) is 0 Å². The molecule has 0 rings (SSSR count). The van der Waals surface area contributed by atoms with Gasteiger partial charge in [0, 0.05) is 44.8 Å². The van der Waals surface area contributed by atoms with E-state index in [1.165, 1.54) is 0 Å². The van der Waals surface area contributed by atoms with Crippen LogP contribution in [0.4, 0.5) is 0 Å². The number of halogens is 2. The molecule has 0 atom stereocenters. The molecular weight excluding hydrogens is 319 g/mol. The molecule has 0 fully saturated rings. The molecule has 0 aliphatic heterocycles. The SMILES string of the molecule is Cl.Cl.O.O.[Ag].[Ag]. The van der Waals surface area contributed by atoms with Crippen LogP contribution in [0.5, 0.6) is 0 Å². The van der Waals surface area contributed by atoms with Crippen molar-refractivity contribution in [1.82, 2.24) is 0 Å². The maximum absolute atomic E-state index is 0. The van der Waals surface area contributed by atoms with Crippen LogP contribution in [-0.2, 0) is 44.8 Å². The third kappa shape index (κ3) is 37.8. The Morgan fingerprint density at radius 3 is 0.500 bits per heavy atom. The van der Waals surface area contributed by atoms with Crippen LogP contribution >= 0.6 is 24.8 Å². The van der Waals surface area contributed by atoms with E-state index in [4.69, 9.17) is 0 Å². The Hall–Kier alpha value is 1.98. The smallest absolute Gasteiger partial charge is 0 e. The molecule has 0 saturated heterocycles. The van der Waals surface area contributed by atoms with Gasteiger partial charge >= 0.3 is 0 Å². The van der Waals surface area contributed by atoms with E-state index in [9.17, 15) is 0 Å². The summed E-state index contributed by atoms with van der Waals surface area (Å²) >= 11 is 0. The number of hydrogen-bond acceptors (Lipinski definition) is 0. The van der Waals surface area contributed by atoms with Gasteiger partial charge in [0.05, 0.1) is 0 Å². The van der Waals surface area contributed by atoms with Crippen molar-refractivity contribution in [2.45, 2.75) is 0 Å². The summed E-state index contributed by atoms with van der Waals surface area (Å²) in [5.41, 5.74) is 0. The van der Waals surface area contributed by atoms with Crippen LogP contribution in [-0.4, -0.2) is 11.0 Å². The van der Waals surface area contributed by atoms with Crippen LogP contribution in [0.1, 0.15) is 0 Å². The molecule has 4 N–H and O–H groups in total. The Balaban J connectivity index is 0. The first kappa shape index (κ1) is 99.1. The minimum atomic E-state index is 0. The molecule has 54 valence electrons. The minimum Gasteiger partial charge on any atom is -0.412 e. The molecule has 0 amide bonds. The molecule has 6 heavy (non-hydrogen) atoms. The average molecular weight is 325 g/mol.